The number of para-hydroxylation sites is 4. The van der Waals surface area contributed by atoms with Gasteiger partial charge in [0.2, 0.25) is 0 Å². The zero-order chi connectivity index (χ0) is 63.7. The maximum Gasteiger partial charge on any atom is 0.136 e. The summed E-state index contributed by atoms with van der Waals surface area (Å²) in [7, 11) is 0. The number of furan rings is 2. The van der Waals surface area contributed by atoms with Crippen molar-refractivity contribution in [2.75, 3.05) is 9.80 Å². The topological polar surface area (TPSA) is 32.8 Å². The number of anilines is 6. The van der Waals surface area contributed by atoms with E-state index in [0.717, 1.165) is 151 Å². The normalized spacial score (nSPS) is 13.2. The predicted octanol–water partition coefficient (Wildman–Crippen LogP) is 25.3. The summed E-state index contributed by atoms with van der Waals surface area (Å²) in [5.74, 6) is -0.417. The van der Waals surface area contributed by atoms with Gasteiger partial charge in [0, 0.05) is 61.2 Å². The summed E-state index contributed by atoms with van der Waals surface area (Å²) < 4.78 is 13.4. The Bertz CT molecular complexity index is 5530. The van der Waals surface area contributed by atoms with Gasteiger partial charge in [0.1, 0.15) is 22.3 Å². The van der Waals surface area contributed by atoms with Crippen LogP contribution in [-0.2, 0) is 6.42 Å². The molecule has 97 heavy (non-hydrogen) atoms. The fourth-order valence-corrected chi connectivity index (χ4v) is 16.7. The van der Waals surface area contributed by atoms with E-state index in [2.05, 4.69) is 350 Å². The van der Waals surface area contributed by atoms with Crippen molar-refractivity contribution in [3.05, 3.63) is 384 Å². The van der Waals surface area contributed by atoms with Crippen molar-refractivity contribution >= 4 is 78.0 Å². The highest BCUT2D eigenvalue weighted by molar-refractivity contribution is 6.15. The smallest absolute Gasteiger partial charge is 0.136 e. The monoisotopic (exact) mass is 1240 g/mol. The average Bonchev–Trinajstić information content (AvgIpc) is 1.35. The Hall–Kier alpha value is -12.5. The molecule has 0 N–H and O–H groups in total. The van der Waals surface area contributed by atoms with Gasteiger partial charge in [-0.1, -0.05) is 279 Å². The Morgan fingerprint density at radius 1 is 0.247 bits per heavy atom. The maximum atomic E-state index is 6.70. The van der Waals surface area contributed by atoms with Crippen molar-refractivity contribution < 1.29 is 8.83 Å². The molecule has 15 aromatic carbocycles. The lowest BCUT2D eigenvalue weighted by Crippen LogP contribution is -2.31. The van der Waals surface area contributed by atoms with Gasteiger partial charge in [0.25, 0.3) is 0 Å². The van der Waals surface area contributed by atoms with Gasteiger partial charge in [0.15, 0.2) is 0 Å². The summed E-state index contributed by atoms with van der Waals surface area (Å²) in [4.78, 5) is 5.37. The molecule has 0 bridgehead atoms. The van der Waals surface area contributed by atoms with E-state index in [1.165, 1.54) is 44.5 Å². The fraction of sp³-hybridized carbons (Fsp3) is 0.0323. The number of hydrogen-bond acceptors (Lipinski definition) is 4. The van der Waals surface area contributed by atoms with Gasteiger partial charge in [-0.15, -0.1) is 0 Å². The molecule has 1 aliphatic carbocycles. The van der Waals surface area contributed by atoms with Crippen LogP contribution in [0.25, 0.3) is 111 Å². The van der Waals surface area contributed by atoms with E-state index in [4.69, 9.17) is 8.83 Å². The number of hydrogen-bond donors (Lipinski definition) is 0. The average molecular weight is 1240 g/mol. The fourth-order valence-electron chi connectivity index (χ4n) is 16.7. The van der Waals surface area contributed by atoms with E-state index < -0.39 is 0 Å². The molecule has 2 aromatic heterocycles. The molecule has 0 unspecified atom stereocenters. The standard InChI is InChI=1S/C93H60N2O2/c1-5-25-58(26-6-1)71-41-21-42-72(59-27-7-2-8-28-59)92(71)94-79-51-49-64(69-39-23-47-85-88(69)75-37-17-19-45-83(75)96-85)54-77(79)90-78-55-65(70-40-24-48-86-89(70)76-38-18-20-46-84(76)97-86)50-52-80(78)95(93-73(60-29-9-3-10-30-60)43-22-44-74(93)61-31-11-4-12-32-61)82-57-66(56-81(94)91(82)90)87-67-35-15-13-33-62(67)53-63-34-14-16-36-68(63)87/h1-52,54-57,87,90H,53H2. The van der Waals surface area contributed by atoms with Crippen molar-refractivity contribution in [1.29, 1.82) is 0 Å². The summed E-state index contributed by atoms with van der Waals surface area (Å²) in [6.07, 6.45) is 0.868. The molecular weight excluding hydrogens is 1180 g/mol. The summed E-state index contributed by atoms with van der Waals surface area (Å²) in [6.45, 7) is 0. The van der Waals surface area contributed by atoms with Crippen LogP contribution in [0.3, 0.4) is 0 Å². The first-order chi connectivity index (χ1) is 48.1. The van der Waals surface area contributed by atoms with E-state index in [1.807, 2.05) is 0 Å². The molecular formula is C93H60N2O2. The molecule has 454 valence electrons. The van der Waals surface area contributed by atoms with Crippen LogP contribution in [0.1, 0.15) is 56.3 Å². The van der Waals surface area contributed by atoms with Crippen LogP contribution < -0.4 is 9.80 Å². The summed E-state index contributed by atoms with van der Waals surface area (Å²) >= 11 is 0. The molecule has 3 aliphatic rings. The highest BCUT2D eigenvalue weighted by atomic mass is 16.3. The quantitative estimate of drug-likeness (QED) is 0.144. The molecule has 0 spiro atoms. The molecule has 4 heterocycles. The molecule has 0 saturated heterocycles. The molecule has 0 saturated carbocycles. The van der Waals surface area contributed by atoms with Crippen LogP contribution in [0.5, 0.6) is 0 Å². The first-order valence-electron chi connectivity index (χ1n) is 33.7. The minimum absolute atomic E-state index is 0.108. The van der Waals surface area contributed by atoms with E-state index >= 15 is 0 Å². The van der Waals surface area contributed by atoms with Crippen LogP contribution in [0.4, 0.5) is 34.1 Å². The Morgan fingerprint density at radius 3 is 1.02 bits per heavy atom. The van der Waals surface area contributed by atoms with E-state index in [-0.39, 0.29) is 11.8 Å². The van der Waals surface area contributed by atoms with Gasteiger partial charge < -0.3 is 18.6 Å². The maximum absolute atomic E-state index is 6.70. The highest BCUT2D eigenvalue weighted by Gasteiger charge is 2.45. The summed E-state index contributed by atoms with van der Waals surface area (Å²) in [5.41, 5.74) is 33.9. The van der Waals surface area contributed by atoms with Gasteiger partial charge in [-0.2, -0.15) is 0 Å². The van der Waals surface area contributed by atoms with Crippen molar-refractivity contribution in [3.8, 4) is 66.8 Å². The largest absolute Gasteiger partial charge is 0.456 e. The summed E-state index contributed by atoms with van der Waals surface area (Å²) in [6, 6.07) is 126. The number of nitrogens with zero attached hydrogens (tertiary/aromatic N) is 2. The molecule has 0 fully saturated rings. The highest BCUT2D eigenvalue weighted by Crippen LogP contribution is 2.65. The zero-order valence-corrected chi connectivity index (χ0v) is 52.9. The number of fused-ring (bicyclic) bond motifs is 12. The third-order valence-electron chi connectivity index (χ3n) is 20.8. The first kappa shape index (κ1) is 55.0. The third-order valence-corrected chi connectivity index (χ3v) is 20.8. The van der Waals surface area contributed by atoms with Gasteiger partial charge in [-0.3, -0.25) is 0 Å². The molecule has 0 amide bonds. The van der Waals surface area contributed by atoms with Crippen LogP contribution in [0, 0.1) is 0 Å². The molecule has 0 radical (unpaired) electrons. The van der Waals surface area contributed by atoms with E-state index in [0.29, 0.717) is 0 Å². The molecule has 4 heteroatoms. The van der Waals surface area contributed by atoms with Crippen LogP contribution in [-0.4, -0.2) is 0 Å². The molecule has 20 rings (SSSR count). The van der Waals surface area contributed by atoms with Crippen molar-refractivity contribution in [2.24, 2.45) is 0 Å². The van der Waals surface area contributed by atoms with Gasteiger partial charge in [-0.05, 0) is 151 Å². The van der Waals surface area contributed by atoms with Crippen LogP contribution in [0.2, 0.25) is 0 Å². The van der Waals surface area contributed by atoms with Crippen molar-refractivity contribution in [3.63, 3.8) is 0 Å². The van der Waals surface area contributed by atoms with E-state index in [1.54, 1.807) is 0 Å². The van der Waals surface area contributed by atoms with Gasteiger partial charge in [-0.25, -0.2) is 0 Å². The van der Waals surface area contributed by atoms with Crippen LogP contribution in [0.15, 0.2) is 349 Å². The molecule has 2 aliphatic heterocycles. The third kappa shape index (κ3) is 8.63. The Morgan fingerprint density at radius 2 is 0.598 bits per heavy atom. The molecule has 0 atom stereocenters. The minimum Gasteiger partial charge on any atom is -0.456 e. The second-order valence-electron chi connectivity index (χ2n) is 26.1. The number of benzene rings is 15. The van der Waals surface area contributed by atoms with Crippen molar-refractivity contribution in [1.82, 2.24) is 0 Å². The lowest BCUT2D eigenvalue weighted by Gasteiger charge is -2.47. The van der Waals surface area contributed by atoms with Gasteiger partial charge >= 0.3 is 0 Å². The predicted molar refractivity (Wildman–Crippen MR) is 401 cm³/mol. The lowest BCUT2D eigenvalue weighted by atomic mass is 9.71. The SMILES string of the molecule is c1ccc(-c2cccc(-c3ccccc3)c2N2c3ccc(-c4cccc5oc6ccccc6c45)cc3C3c4cc(-c5cccc6oc7ccccc7c56)ccc4N(c4c(-c5ccccc5)cccc4-c4ccccc4)c4cc(C5c6ccccc6Cc6ccccc65)cc2c43)cc1. The first-order valence-corrected chi connectivity index (χ1v) is 33.7. The number of rotatable bonds is 9. The lowest BCUT2D eigenvalue weighted by molar-refractivity contribution is 0.668. The van der Waals surface area contributed by atoms with Gasteiger partial charge in [0.05, 0.1) is 34.1 Å². The van der Waals surface area contributed by atoms with Crippen LogP contribution >= 0.6 is 0 Å². The second kappa shape index (κ2) is 22.1. The van der Waals surface area contributed by atoms with Crippen molar-refractivity contribution in [2.45, 2.75) is 18.3 Å². The Kier molecular flexibility index (Phi) is 12.5. The minimum atomic E-state index is -0.309. The second-order valence-corrected chi connectivity index (χ2v) is 26.1. The van der Waals surface area contributed by atoms with E-state index in [9.17, 15) is 0 Å². The summed E-state index contributed by atoms with van der Waals surface area (Å²) in [5, 5.41) is 4.40. The Labute approximate surface area is 562 Å². The Balaban J connectivity index is 0.978. The molecule has 4 nitrogen and oxygen atoms in total. The zero-order valence-electron chi connectivity index (χ0n) is 52.9. The molecule has 17 aromatic rings.